The van der Waals surface area contributed by atoms with Crippen molar-refractivity contribution in [2.75, 3.05) is 31.2 Å². The molecule has 0 amide bonds. The van der Waals surface area contributed by atoms with Gasteiger partial charge in [0.15, 0.2) is 0 Å². The van der Waals surface area contributed by atoms with E-state index < -0.39 is 0 Å². The lowest BCUT2D eigenvalue weighted by Crippen LogP contribution is -2.37. The topological polar surface area (TPSA) is 51.4 Å². The van der Waals surface area contributed by atoms with E-state index in [4.69, 9.17) is 27.7 Å². The number of ether oxygens (including phenoxy) is 1. The second kappa shape index (κ2) is 5.11. The first-order chi connectivity index (χ1) is 9.25. The van der Waals surface area contributed by atoms with E-state index in [9.17, 15) is 0 Å². The molecule has 19 heavy (non-hydrogen) atoms. The van der Waals surface area contributed by atoms with E-state index in [0.717, 1.165) is 48.6 Å². The van der Waals surface area contributed by atoms with Gasteiger partial charge in [0.1, 0.15) is 10.8 Å². The fourth-order valence-corrected chi connectivity index (χ4v) is 2.49. The number of fused-ring (bicyclic) bond motifs is 1. The molecule has 1 aromatic heterocycles. The monoisotopic (exact) mass is 273 g/mol. The second-order valence-corrected chi connectivity index (χ2v) is 4.95. The van der Waals surface area contributed by atoms with Crippen molar-refractivity contribution in [1.29, 1.82) is 0 Å². The van der Waals surface area contributed by atoms with Crippen LogP contribution in [0, 0.1) is 0 Å². The van der Waals surface area contributed by atoms with Crippen LogP contribution in [0.3, 0.4) is 0 Å². The molecule has 2 heterocycles. The van der Waals surface area contributed by atoms with Gasteiger partial charge in [0, 0.05) is 24.0 Å². The summed E-state index contributed by atoms with van der Waals surface area (Å²) in [5.41, 5.74) is 7.65. The van der Waals surface area contributed by atoms with Gasteiger partial charge in [0.2, 0.25) is 0 Å². The molecular weight excluding hydrogens is 258 g/mol. The normalized spacial score (nSPS) is 15.7. The smallest absolute Gasteiger partial charge is 0.130 e. The second-order valence-electron chi connectivity index (χ2n) is 4.51. The summed E-state index contributed by atoms with van der Waals surface area (Å²) in [6.07, 6.45) is 0. The lowest BCUT2D eigenvalue weighted by Gasteiger charge is -2.28. The molecule has 2 aromatic rings. The van der Waals surface area contributed by atoms with Crippen LogP contribution in [0.2, 0.25) is 0 Å². The molecule has 2 N–H and O–H groups in total. The summed E-state index contributed by atoms with van der Waals surface area (Å²) < 4.78 is 5.37. The third kappa shape index (κ3) is 2.39. The Morgan fingerprint density at radius 3 is 2.74 bits per heavy atom. The van der Waals surface area contributed by atoms with E-state index in [1.54, 1.807) is 0 Å². The molecule has 0 saturated carbocycles. The zero-order chi connectivity index (χ0) is 13.2. The summed E-state index contributed by atoms with van der Waals surface area (Å²) in [6, 6.07) is 9.92. The van der Waals surface area contributed by atoms with Crippen molar-refractivity contribution < 1.29 is 4.74 Å². The Labute approximate surface area is 117 Å². The molecule has 3 rings (SSSR count). The molecule has 0 atom stereocenters. The number of benzene rings is 1. The van der Waals surface area contributed by atoms with Crippen molar-refractivity contribution in [3.05, 3.63) is 35.9 Å². The number of morpholine rings is 1. The van der Waals surface area contributed by atoms with Crippen molar-refractivity contribution in [3.63, 3.8) is 0 Å². The summed E-state index contributed by atoms with van der Waals surface area (Å²) in [5.74, 6) is 0.921. The fraction of sp³-hybridized carbons (Fsp3) is 0.286. The average Bonchev–Trinajstić information content (AvgIpc) is 2.47. The summed E-state index contributed by atoms with van der Waals surface area (Å²) in [6.45, 7) is 3.16. The van der Waals surface area contributed by atoms with Crippen molar-refractivity contribution in [2.45, 2.75) is 0 Å². The van der Waals surface area contributed by atoms with Crippen LogP contribution in [-0.4, -0.2) is 36.3 Å². The lowest BCUT2D eigenvalue weighted by atomic mass is 10.1. The number of hydrogen-bond acceptors (Lipinski definition) is 4. The summed E-state index contributed by atoms with van der Waals surface area (Å²) in [5, 5.41) is 1.01. The van der Waals surface area contributed by atoms with Crippen molar-refractivity contribution in [1.82, 2.24) is 4.98 Å². The van der Waals surface area contributed by atoms with E-state index in [1.165, 1.54) is 0 Å². The van der Waals surface area contributed by atoms with Gasteiger partial charge in [0.05, 0.1) is 18.7 Å². The standard InChI is InChI=1S/C14H15N3OS/c15-14(19)11-9-13(17-5-7-18-8-6-17)16-12-4-2-1-3-10(11)12/h1-4,9H,5-8H2,(H2,15,19). The Morgan fingerprint density at radius 2 is 2.00 bits per heavy atom. The molecule has 0 unspecified atom stereocenters. The van der Waals surface area contributed by atoms with Crippen LogP contribution in [-0.2, 0) is 4.74 Å². The number of rotatable bonds is 2. The number of aromatic nitrogens is 1. The van der Waals surface area contributed by atoms with Gasteiger partial charge < -0.3 is 15.4 Å². The number of hydrogen-bond donors (Lipinski definition) is 1. The number of thiocarbonyl (C=S) groups is 1. The van der Waals surface area contributed by atoms with Crippen LogP contribution < -0.4 is 10.6 Å². The highest BCUT2D eigenvalue weighted by Crippen LogP contribution is 2.23. The number of para-hydroxylation sites is 1. The number of nitrogens with two attached hydrogens (primary N) is 1. The fourth-order valence-electron chi connectivity index (χ4n) is 2.32. The van der Waals surface area contributed by atoms with E-state index in [0.29, 0.717) is 4.99 Å². The van der Waals surface area contributed by atoms with Gasteiger partial charge in [-0.25, -0.2) is 4.98 Å². The molecular formula is C14H15N3OS. The van der Waals surface area contributed by atoms with E-state index in [1.807, 2.05) is 30.3 Å². The first kappa shape index (κ1) is 12.3. The molecule has 98 valence electrons. The first-order valence-corrected chi connectivity index (χ1v) is 6.69. The molecule has 0 radical (unpaired) electrons. The van der Waals surface area contributed by atoms with Crippen molar-refractivity contribution >= 4 is 33.9 Å². The maximum atomic E-state index is 5.84. The molecule has 1 aromatic carbocycles. The van der Waals surface area contributed by atoms with Gasteiger partial charge in [-0.1, -0.05) is 30.4 Å². The van der Waals surface area contributed by atoms with E-state index in [2.05, 4.69) is 4.90 Å². The highest BCUT2D eigenvalue weighted by Gasteiger charge is 2.15. The zero-order valence-electron chi connectivity index (χ0n) is 10.5. The third-order valence-corrected chi connectivity index (χ3v) is 3.52. The Hall–Kier alpha value is -1.72. The van der Waals surface area contributed by atoms with Crippen LogP contribution >= 0.6 is 12.2 Å². The van der Waals surface area contributed by atoms with Crippen LogP contribution in [0.5, 0.6) is 0 Å². The van der Waals surface area contributed by atoms with Gasteiger partial charge in [-0.3, -0.25) is 0 Å². The Morgan fingerprint density at radius 1 is 1.26 bits per heavy atom. The van der Waals surface area contributed by atoms with Gasteiger partial charge in [0.25, 0.3) is 0 Å². The summed E-state index contributed by atoms with van der Waals surface area (Å²) >= 11 is 5.16. The van der Waals surface area contributed by atoms with E-state index >= 15 is 0 Å². The molecule has 1 fully saturated rings. The van der Waals surface area contributed by atoms with Gasteiger partial charge in [-0.05, 0) is 12.1 Å². The molecule has 4 nitrogen and oxygen atoms in total. The number of anilines is 1. The molecule has 1 saturated heterocycles. The van der Waals surface area contributed by atoms with Crippen LogP contribution in [0.4, 0.5) is 5.82 Å². The maximum absolute atomic E-state index is 5.84. The first-order valence-electron chi connectivity index (χ1n) is 6.28. The van der Waals surface area contributed by atoms with Crippen molar-refractivity contribution in [2.24, 2.45) is 5.73 Å². The van der Waals surface area contributed by atoms with Gasteiger partial charge in [-0.15, -0.1) is 0 Å². The van der Waals surface area contributed by atoms with Gasteiger partial charge >= 0.3 is 0 Å². The number of nitrogens with zero attached hydrogens (tertiary/aromatic N) is 2. The van der Waals surface area contributed by atoms with Crippen LogP contribution in [0.25, 0.3) is 10.9 Å². The SMILES string of the molecule is NC(=S)c1cc(N2CCOCC2)nc2ccccc12. The minimum atomic E-state index is 0.410. The highest BCUT2D eigenvalue weighted by molar-refractivity contribution is 7.80. The average molecular weight is 273 g/mol. The quantitative estimate of drug-likeness (QED) is 0.844. The van der Waals surface area contributed by atoms with E-state index in [-0.39, 0.29) is 0 Å². The van der Waals surface area contributed by atoms with Crippen LogP contribution in [0.15, 0.2) is 30.3 Å². The van der Waals surface area contributed by atoms with Crippen molar-refractivity contribution in [3.8, 4) is 0 Å². The minimum Gasteiger partial charge on any atom is -0.389 e. The Bertz CT molecular complexity index is 623. The Balaban J connectivity index is 2.12. The predicted molar refractivity (Wildman–Crippen MR) is 80.7 cm³/mol. The molecule has 5 heteroatoms. The molecule has 0 aliphatic carbocycles. The molecule has 1 aliphatic rings. The zero-order valence-corrected chi connectivity index (χ0v) is 11.3. The maximum Gasteiger partial charge on any atom is 0.130 e. The molecule has 0 spiro atoms. The molecule has 0 bridgehead atoms. The lowest BCUT2D eigenvalue weighted by molar-refractivity contribution is 0.122. The predicted octanol–water partition coefficient (Wildman–Crippen LogP) is 1.71. The van der Waals surface area contributed by atoms with Gasteiger partial charge in [-0.2, -0.15) is 0 Å². The highest BCUT2D eigenvalue weighted by atomic mass is 32.1. The minimum absolute atomic E-state index is 0.410. The summed E-state index contributed by atoms with van der Waals surface area (Å²) in [4.78, 5) is 7.31. The largest absolute Gasteiger partial charge is 0.389 e. The molecule has 1 aliphatic heterocycles. The third-order valence-electron chi connectivity index (χ3n) is 3.30. The van der Waals surface area contributed by atoms with Crippen LogP contribution in [0.1, 0.15) is 5.56 Å². The number of pyridine rings is 1. The summed E-state index contributed by atoms with van der Waals surface area (Å²) in [7, 11) is 0. The Kier molecular flexibility index (Phi) is 3.31.